The highest BCUT2D eigenvalue weighted by atomic mass is 15.2. The summed E-state index contributed by atoms with van der Waals surface area (Å²) in [5, 5.41) is 6.04. The molecule has 62 heavy (non-hydrogen) atoms. The van der Waals surface area contributed by atoms with Crippen molar-refractivity contribution in [1.29, 1.82) is 0 Å². The molecule has 0 fully saturated rings. The van der Waals surface area contributed by atoms with E-state index in [1.165, 1.54) is 60.4 Å². The Morgan fingerprint density at radius 2 is 0.806 bits per heavy atom. The van der Waals surface area contributed by atoms with Gasteiger partial charge in [0.15, 0.2) is 0 Å². The van der Waals surface area contributed by atoms with Crippen LogP contribution in [-0.2, 0) is 6.42 Å². The largest absolute Gasteiger partial charge is 0.313 e. The molecule has 0 radical (unpaired) electrons. The third-order valence-corrected chi connectivity index (χ3v) is 12.5. The predicted octanol–water partition coefficient (Wildman–Crippen LogP) is 15.8. The Labute approximate surface area is 361 Å². The Hall–Kier alpha value is -8.08. The third-order valence-electron chi connectivity index (χ3n) is 12.5. The number of aromatic nitrogens is 2. The molecule has 2 aromatic heterocycles. The summed E-state index contributed by atoms with van der Waals surface area (Å²) in [6, 6.07) is 79.3. The predicted molar refractivity (Wildman–Crippen MR) is 262 cm³/mol. The summed E-state index contributed by atoms with van der Waals surface area (Å²) in [6.07, 6.45) is 6.71. The van der Waals surface area contributed by atoms with Crippen molar-refractivity contribution in [3.05, 3.63) is 236 Å². The number of allylic oxidation sites excluding steroid dienone is 1. The number of hydrogen-bond donors (Lipinski definition) is 0. The summed E-state index contributed by atoms with van der Waals surface area (Å²) in [5.41, 5.74) is 15.3. The van der Waals surface area contributed by atoms with Gasteiger partial charge < -0.3 is 18.9 Å². The second-order valence-electron chi connectivity index (χ2n) is 16.1. The van der Waals surface area contributed by atoms with E-state index in [0.29, 0.717) is 0 Å². The van der Waals surface area contributed by atoms with Gasteiger partial charge in [0.1, 0.15) is 0 Å². The van der Waals surface area contributed by atoms with Crippen LogP contribution in [0.3, 0.4) is 0 Å². The number of rotatable bonds is 8. The van der Waals surface area contributed by atoms with E-state index < -0.39 is 0 Å². The fourth-order valence-electron chi connectivity index (χ4n) is 9.85. The second-order valence-corrected chi connectivity index (χ2v) is 16.1. The molecule has 0 aliphatic heterocycles. The first-order valence-corrected chi connectivity index (χ1v) is 21.5. The van der Waals surface area contributed by atoms with Crippen molar-refractivity contribution in [2.45, 2.75) is 12.8 Å². The highest BCUT2D eigenvalue weighted by Crippen LogP contribution is 2.47. The monoisotopic (exact) mass is 794 g/mol. The highest BCUT2D eigenvalue weighted by Gasteiger charge is 2.24. The Morgan fingerprint density at radius 3 is 1.40 bits per heavy atom. The van der Waals surface area contributed by atoms with Crippen LogP contribution in [0.4, 0.5) is 34.1 Å². The van der Waals surface area contributed by atoms with Crippen LogP contribution in [0.25, 0.3) is 60.9 Å². The number of anilines is 6. The molecule has 0 saturated heterocycles. The van der Waals surface area contributed by atoms with Crippen molar-refractivity contribution in [2.24, 2.45) is 0 Å². The van der Waals surface area contributed by atoms with Crippen LogP contribution in [-0.4, -0.2) is 9.13 Å². The molecule has 0 amide bonds. The van der Waals surface area contributed by atoms with Crippen LogP contribution in [0.5, 0.6) is 0 Å². The molecule has 0 spiro atoms. The second kappa shape index (κ2) is 14.9. The third kappa shape index (κ3) is 5.83. The molecular formula is C58H42N4. The van der Waals surface area contributed by atoms with Gasteiger partial charge in [0.05, 0.1) is 27.9 Å². The van der Waals surface area contributed by atoms with Gasteiger partial charge in [0.25, 0.3) is 0 Å². The molecule has 4 nitrogen and oxygen atoms in total. The van der Waals surface area contributed by atoms with E-state index >= 15 is 0 Å². The first-order valence-electron chi connectivity index (χ1n) is 21.5. The molecule has 1 aliphatic rings. The smallest absolute Gasteiger partial charge is 0.0542 e. The van der Waals surface area contributed by atoms with Crippen molar-refractivity contribution in [1.82, 2.24) is 9.13 Å². The van der Waals surface area contributed by atoms with Crippen LogP contribution < -0.4 is 9.80 Å². The van der Waals surface area contributed by atoms with Crippen LogP contribution in [0.1, 0.15) is 17.7 Å². The molecule has 0 N–H and O–H groups in total. The van der Waals surface area contributed by atoms with Gasteiger partial charge in [-0.3, -0.25) is 0 Å². The van der Waals surface area contributed by atoms with E-state index in [1.807, 2.05) is 0 Å². The maximum absolute atomic E-state index is 2.46. The maximum atomic E-state index is 2.46. The van der Waals surface area contributed by atoms with Crippen molar-refractivity contribution in [3.8, 4) is 11.4 Å². The zero-order valence-electron chi connectivity index (χ0n) is 34.1. The standard InChI is InChI=1S/C58H42N4/c1-5-19-41(20-6-1)59(45-35-37-57-51(39-45)49-27-13-15-31-55(49)61(57)43-23-9-3-10-24-43)53-33-17-30-48-47(53)29-18-34-54(48)60(42-21-7-2-8-22-42)46-36-38-58-52(40-46)50-28-14-16-32-56(50)62(58)44-25-11-4-12-26-44/h1-15,17-31,33-40H,16,32H2. The summed E-state index contributed by atoms with van der Waals surface area (Å²) < 4.78 is 4.84. The van der Waals surface area contributed by atoms with E-state index in [4.69, 9.17) is 0 Å². The van der Waals surface area contributed by atoms with Crippen molar-refractivity contribution < 1.29 is 0 Å². The normalized spacial score (nSPS) is 12.3. The zero-order chi connectivity index (χ0) is 41.0. The molecule has 4 heteroatoms. The summed E-state index contributed by atoms with van der Waals surface area (Å²) in [7, 11) is 0. The van der Waals surface area contributed by atoms with E-state index in [0.717, 1.165) is 52.7 Å². The lowest BCUT2D eigenvalue weighted by atomic mass is 10.0. The molecule has 294 valence electrons. The number of fused-ring (bicyclic) bond motifs is 7. The van der Waals surface area contributed by atoms with Crippen LogP contribution in [0, 0.1) is 0 Å². The van der Waals surface area contributed by atoms with Gasteiger partial charge in [-0.15, -0.1) is 0 Å². The lowest BCUT2D eigenvalue weighted by molar-refractivity contribution is 0.888. The van der Waals surface area contributed by atoms with Crippen molar-refractivity contribution >= 4 is 83.7 Å². The fraction of sp³-hybridized carbons (Fsp3) is 0.0345. The van der Waals surface area contributed by atoms with Gasteiger partial charge in [-0.05, 0) is 116 Å². The molecule has 9 aromatic carbocycles. The number of para-hydroxylation sites is 5. The lowest BCUT2D eigenvalue weighted by Gasteiger charge is -2.30. The van der Waals surface area contributed by atoms with Crippen LogP contribution in [0.2, 0.25) is 0 Å². The van der Waals surface area contributed by atoms with Crippen molar-refractivity contribution in [3.63, 3.8) is 0 Å². The first kappa shape index (κ1) is 35.8. The molecule has 11 aromatic rings. The van der Waals surface area contributed by atoms with Gasteiger partial charge in [0.2, 0.25) is 0 Å². The molecule has 0 bridgehead atoms. The van der Waals surface area contributed by atoms with Crippen LogP contribution >= 0.6 is 0 Å². The number of hydrogen-bond acceptors (Lipinski definition) is 2. The number of benzene rings is 9. The van der Waals surface area contributed by atoms with Gasteiger partial charge >= 0.3 is 0 Å². The Kier molecular flexibility index (Phi) is 8.60. The van der Waals surface area contributed by atoms with Crippen molar-refractivity contribution in [2.75, 3.05) is 9.80 Å². The van der Waals surface area contributed by atoms with Gasteiger partial charge in [-0.2, -0.15) is 0 Å². The minimum atomic E-state index is 1.01. The molecule has 0 saturated carbocycles. The van der Waals surface area contributed by atoms with Gasteiger partial charge in [-0.1, -0.05) is 127 Å². The lowest BCUT2D eigenvalue weighted by Crippen LogP contribution is -2.12. The van der Waals surface area contributed by atoms with E-state index in [2.05, 4.69) is 249 Å². The van der Waals surface area contributed by atoms with E-state index in [1.54, 1.807) is 0 Å². The Morgan fingerprint density at radius 1 is 0.339 bits per heavy atom. The summed E-state index contributed by atoms with van der Waals surface area (Å²) >= 11 is 0. The Bertz CT molecular complexity index is 3460. The fourth-order valence-corrected chi connectivity index (χ4v) is 9.85. The molecular weight excluding hydrogens is 753 g/mol. The SMILES string of the molecule is C1=Cc2c(n(-c3ccccc3)c3ccc(N(c4ccccc4)c4cccc5c(N(c6ccccc6)c6ccc7c(c6)c6ccccc6n7-c6ccccc6)cccc45)cc23)CC1. The topological polar surface area (TPSA) is 16.3 Å². The van der Waals surface area contributed by atoms with E-state index in [-0.39, 0.29) is 0 Å². The number of nitrogens with zero attached hydrogens (tertiary/aromatic N) is 4. The molecule has 12 rings (SSSR count). The first-order chi connectivity index (χ1) is 30.8. The summed E-state index contributed by atoms with van der Waals surface area (Å²) in [6.45, 7) is 0. The minimum absolute atomic E-state index is 1.01. The maximum Gasteiger partial charge on any atom is 0.0542 e. The van der Waals surface area contributed by atoms with Crippen LogP contribution in [0.15, 0.2) is 224 Å². The highest BCUT2D eigenvalue weighted by molar-refractivity contribution is 6.12. The van der Waals surface area contributed by atoms with E-state index in [9.17, 15) is 0 Å². The van der Waals surface area contributed by atoms with Gasteiger partial charge in [0, 0.05) is 72.3 Å². The quantitative estimate of drug-likeness (QED) is 0.152. The molecule has 2 heterocycles. The molecule has 0 atom stereocenters. The summed E-state index contributed by atoms with van der Waals surface area (Å²) in [4.78, 5) is 4.85. The van der Waals surface area contributed by atoms with Gasteiger partial charge in [-0.25, -0.2) is 0 Å². The minimum Gasteiger partial charge on any atom is -0.313 e. The summed E-state index contributed by atoms with van der Waals surface area (Å²) in [5.74, 6) is 0. The molecule has 1 aliphatic carbocycles. The average molecular weight is 795 g/mol. The zero-order valence-corrected chi connectivity index (χ0v) is 34.1. The molecule has 0 unspecified atom stereocenters. The average Bonchev–Trinajstić information content (AvgIpc) is 3.85. The Balaban J connectivity index is 1.05.